The molecule has 3 heteroatoms. The molecule has 4 rings (SSSR count). The molecular formula is C21H23O2P. The van der Waals surface area contributed by atoms with E-state index in [4.69, 9.17) is 4.74 Å². The molecule has 1 fully saturated rings. The largest absolute Gasteiger partial charge is 0.500 e. The van der Waals surface area contributed by atoms with Gasteiger partial charge in [0.2, 0.25) is 0 Å². The molecule has 0 N–H and O–H groups in total. The maximum absolute atomic E-state index is 14.4. The highest BCUT2D eigenvalue weighted by Gasteiger charge is 2.53. The maximum atomic E-state index is 14.4. The number of fused-ring (bicyclic) bond motifs is 1. The van der Waals surface area contributed by atoms with Crippen molar-refractivity contribution in [2.24, 2.45) is 5.92 Å². The van der Waals surface area contributed by atoms with Crippen molar-refractivity contribution in [2.75, 3.05) is 7.11 Å². The zero-order valence-electron chi connectivity index (χ0n) is 14.0. The number of hydrogen-bond donors (Lipinski definition) is 0. The first-order valence-electron chi connectivity index (χ1n) is 8.71. The van der Waals surface area contributed by atoms with Crippen molar-refractivity contribution >= 4 is 12.5 Å². The predicted octanol–water partition coefficient (Wildman–Crippen LogP) is 5.75. The van der Waals surface area contributed by atoms with Crippen molar-refractivity contribution in [1.82, 2.24) is 0 Å². The molecule has 3 atom stereocenters. The molecule has 1 heterocycles. The molecule has 2 aromatic carbocycles. The van der Waals surface area contributed by atoms with E-state index in [9.17, 15) is 4.57 Å². The van der Waals surface area contributed by atoms with E-state index in [-0.39, 0.29) is 5.66 Å². The first-order chi connectivity index (χ1) is 11.7. The third-order valence-corrected chi connectivity index (χ3v) is 9.25. The lowest BCUT2D eigenvalue weighted by molar-refractivity contribution is 0.250. The zero-order chi connectivity index (χ0) is 16.6. The Labute approximate surface area is 143 Å². The highest BCUT2D eigenvalue weighted by atomic mass is 31.2. The van der Waals surface area contributed by atoms with Crippen molar-refractivity contribution in [3.05, 3.63) is 77.5 Å². The predicted molar refractivity (Wildman–Crippen MR) is 99.3 cm³/mol. The van der Waals surface area contributed by atoms with Crippen LogP contribution in [0.25, 0.3) is 5.31 Å². The molecule has 1 saturated carbocycles. The highest BCUT2D eigenvalue weighted by molar-refractivity contribution is 7.74. The van der Waals surface area contributed by atoms with Gasteiger partial charge in [0.15, 0.2) is 0 Å². The van der Waals surface area contributed by atoms with Crippen LogP contribution in [0.15, 0.2) is 66.4 Å². The van der Waals surface area contributed by atoms with Gasteiger partial charge >= 0.3 is 0 Å². The highest BCUT2D eigenvalue weighted by Crippen LogP contribution is 2.75. The van der Waals surface area contributed by atoms with Crippen LogP contribution in [-0.2, 0) is 15.5 Å². The van der Waals surface area contributed by atoms with Crippen molar-refractivity contribution in [3.8, 4) is 0 Å². The topological polar surface area (TPSA) is 26.3 Å². The molecule has 0 bridgehead atoms. The van der Waals surface area contributed by atoms with Gasteiger partial charge in [-0.25, -0.2) is 0 Å². The van der Waals surface area contributed by atoms with Gasteiger partial charge in [0.05, 0.1) is 12.4 Å². The summed E-state index contributed by atoms with van der Waals surface area (Å²) < 4.78 is 20.2. The summed E-state index contributed by atoms with van der Waals surface area (Å²) in [7, 11) is -0.804. The molecule has 0 spiro atoms. The fraction of sp³-hybridized carbons (Fsp3) is 0.333. The third-order valence-electron chi connectivity index (χ3n) is 5.49. The van der Waals surface area contributed by atoms with E-state index >= 15 is 0 Å². The Bertz CT molecular complexity index is 795. The fourth-order valence-corrected chi connectivity index (χ4v) is 8.69. The van der Waals surface area contributed by atoms with E-state index in [1.807, 2.05) is 36.4 Å². The fourth-order valence-electron chi connectivity index (χ4n) is 4.53. The lowest BCUT2D eigenvalue weighted by Gasteiger charge is -2.23. The maximum Gasteiger partial charge on any atom is 0.127 e. The Morgan fingerprint density at radius 3 is 2.33 bits per heavy atom. The van der Waals surface area contributed by atoms with Crippen LogP contribution in [0.5, 0.6) is 0 Å². The Balaban J connectivity index is 1.86. The second kappa shape index (κ2) is 6.26. The molecular weight excluding hydrogens is 315 g/mol. The molecule has 0 amide bonds. The Morgan fingerprint density at radius 1 is 1.00 bits per heavy atom. The molecule has 2 nitrogen and oxygen atoms in total. The van der Waals surface area contributed by atoms with Crippen molar-refractivity contribution in [1.29, 1.82) is 0 Å². The molecule has 0 radical (unpaired) electrons. The van der Waals surface area contributed by atoms with Crippen LogP contribution in [-0.4, -0.2) is 12.8 Å². The van der Waals surface area contributed by atoms with Crippen LogP contribution < -0.4 is 0 Å². The molecule has 124 valence electrons. The number of hydrogen-bond acceptors (Lipinski definition) is 2. The van der Waals surface area contributed by atoms with Gasteiger partial charge in [-0.15, -0.1) is 0 Å². The lowest BCUT2D eigenvalue weighted by Crippen LogP contribution is -2.11. The minimum atomic E-state index is -2.55. The number of allylic oxidation sites excluding steroid dienone is 1. The molecule has 1 aliphatic carbocycles. The third kappa shape index (κ3) is 2.45. The summed E-state index contributed by atoms with van der Waals surface area (Å²) in [4.78, 5) is 0. The summed E-state index contributed by atoms with van der Waals surface area (Å²) in [5.74, 6) is 1.32. The van der Waals surface area contributed by atoms with E-state index in [2.05, 4.69) is 24.3 Å². The quantitative estimate of drug-likeness (QED) is 0.664. The van der Waals surface area contributed by atoms with Gasteiger partial charge in [-0.05, 0) is 24.0 Å². The van der Waals surface area contributed by atoms with Crippen molar-refractivity contribution < 1.29 is 9.30 Å². The van der Waals surface area contributed by atoms with Crippen molar-refractivity contribution in [3.63, 3.8) is 0 Å². The first kappa shape index (κ1) is 15.7. The van der Waals surface area contributed by atoms with E-state index in [1.165, 1.54) is 0 Å². The van der Waals surface area contributed by atoms with Gasteiger partial charge in [0.1, 0.15) is 12.9 Å². The number of ether oxygens (including phenoxy) is 1. The van der Waals surface area contributed by atoms with E-state index in [1.54, 1.807) is 7.11 Å². The first-order valence-corrected chi connectivity index (χ1v) is 10.7. The van der Waals surface area contributed by atoms with Gasteiger partial charge in [0, 0.05) is 17.7 Å². The lowest BCUT2D eigenvalue weighted by atomic mass is 10.0. The Hall–Kier alpha value is -1.79. The standard InChI is InChI=1S/C21H23O2P/c1-23-20-18-13-8-14-19(18)24(22,15-16-9-4-2-5-10-16)21(20)17-11-6-3-7-12-17/h2-7,9-12,18-19H,8,13-15H2,1H3/t18-,19+,24+/m0/s1. The SMILES string of the molecule is COC1=C(c2ccccc2)[P@@](=O)(Cc2ccccc2)[C@@H]2CCC[C@H]12. The van der Waals surface area contributed by atoms with E-state index in [0.29, 0.717) is 12.1 Å². The van der Waals surface area contributed by atoms with Gasteiger partial charge in [0.25, 0.3) is 0 Å². The van der Waals surface area contributed by atoms with Crippen LogP contribution >= 0.6 is 7.14 Å². The van der Waals surface area contributed by atoms with Crippen LogP contribution in [0.3, 0.4) is 0 Å². The monoisotopic (exact) mass is 338 g/mol. The van der Waals surface area contributed by atoms with Crippen LogP contribution in [0, 0.1) is 5.92 Å². The molecule has 0 aromatic heterocycles. The van der Waals surface area contributed by atoms with Gasteiger partial charge < -0.3 is 9.30 Å². The molecule has 2 aromatic rings. The van der Waals surface area contributed by atoms with Crippen molar-refractivity contribution in [2.45, 2.75) is 31.1 Å². The smallest absolute Gasteiger partial charge is 0.127 e. The Morgan fingerprint density at radius 2 is 1.67 bits per heavy atom. The summed E-state index contributed by atoms with van der Waals surface area (Å²) in [5, 5.41) is 1.00. The molecule has 0 saturated heterocycles. The van der Waals surface area contributed by atoms with E-state index in [0.717, 1.165) is 41.5 Å². The molecule has 2 aliphatic rings. The second-order valence-corrected chi connectivity index (χ2v) is 9.84. The van der Waals surface area contributed by atoms with Gasteiger partial charge in [-0.3, -0.25) is 0 Å². The van der Waals surface area contributed by atoms with Crippen LogP contribution in [0.4, 0.5) is 0 Å². The van der Waals surface area contributed by atoms with Crippen LogP contribution in [0.2, 0.25) is 0 Å². The number of methoxy groups -OCH3 is 1. The normalized spacial score (nSPS) is 28.9. The summed E-state index contributed by atoms with van der Waals surface area (Å²) >= 11 is 0. The summed E-state index contributed by atoms with van der Waals surface area (Å²) in [6, 6.07) is 20.5. The van der Waals surface area contributed by atoms with Crippen LogP contribution in [0.1, 0.15) is 30.4 Å². The second-order valence-electron chi connectivity index (χ2n) is 6.83. The minimum Gasteiger partial charge on any atom is -0.500 e. The number of benzene rings is 2. The molecule has 0 unspecified atom stereocenters. The molecule has 24 heavy (non-hydrogen) atoms. The van der Waals surface area contributed by atoms with E-state index < -0.39 is 7.14 Å². The zero-order valence-corrected chi connectivity index (χ0v) is 14.9. The number of rotatable bonds is 4. The summed E-state index contributed by atoms with van der Waals surface area (Å²) in [5.41, 5.74) is 2.49. The Kier molecular flexibility index (Phi) is 4.10. The van der Waals surface area contributed by atoms with Gasteiger partial charge in [-0.1, -0.05) is 67.1 Å². The van der Waals surface area contributed by atoms with Gasteiger partial charge in [-0.2, -0.15) is 0 Å². The summed E-state index contributed by atoms with van der Waals surface area (Å²) in [6.07, 6.45) is 3.95. The average Bonchev–Trinajstić information content (AvgIpc) is 3.18. The summed E-state index contributed by atoms with van der Waals surface area (Å²) in [6.45, 7) is 0. The average molecular weight is 338 g/mol. The molecule has 1 aliphatic heterocycles. The minimum absolute atomic E-state index is 0.253.